The topological polar surface area (TPSA) is 122 Å². The predicted molar refractivity (Wildman–Crippen MR) is 126 cm³/mol. The molecule has 0 spiro atoms. The number of nitrogens with one attached hydrogen (secondary N) is 1. The Labute approximate surface area is 191 Å². The van der Waals surface area contributed by atoms with Gasteiger partial charge in [0.15, 0.2) is 11.5 Å². The second kappa shape index (κ2) is 14.1. The van der Waals surface area contributed by atoms with Crippen LogP contribution in [0.2, 0.25) is 0 Å². The van der Waals surface area contributed by atoms with Crippen molar-refractivity contribution in [1.82, 2.24) is 5.32 Å². The van der Waals surface area contributed by atoms with Crippen LogP contribution < -0.4 is 10.5 Å². The zero-order chi connectivity index (χ0) is 23.2. The highest BCUT2D eigenvalue weighted by Gasteiger charge is 2.07. The van der Waals surface area contributed by atoms with E-state index in [4.69, 9.17) is 9.88 Å². The predicted octanol–water partition coefficient (Wildman–Crippen LogP) is 3.48. The maximum Gasteiger partial charge on any atom is 0.238 e. The molecule has 2 aromatic carbocycles. The number of benzene rings is 2. The average molecular weight is 465 g/mol. The van der Waals surface area contributed by atoms with Gasteiger partial charge in [-0.2, -0.15) is 0 Å². The molecule has 0 unspecified atom stereocenters. The molecule has 0 fully saturated rings. The molecule has 32 heavy (non-hydrogen) atoms. The van der Waals surface area contributed by atoms with Crippen molar-refractivity contribution in [3.05, 3.63) is 53.6 Å². The van der Waals surface area contributed by atoms with E-state index >= 15 is 0 Å². The number of aryl methyl sites for hydroxylation is 1. The third kappa shape index (κ3) is 9.99. The second-order valence-electron chi connectivity index (χ2n) is 7.96. The number of unbranched alkanes of at least 4 members (excludes halogenated alkanes) is 4. The molecule has 2 aromatic rings. The van der Waals surface area contributed by atoms with Crippen LogP contribution in [0.5, 0.6) is 11.5 Å². The lowest BCUT2D eigenvalue weighted by Crippen LogP contribution is -2.18. The summed E-state index contributed by atoms with van der Waals surface area (Å²) in [6, 6.07) is 11.8. The molecule has 2 rings (SSSR count). The zero-order valence-electron chi connectivity index (χ0n) is 18.6. The van der Waals surface area contributed by atoms with Crippen molar-refractivity contribution in [3.8, 4) is 11.5 Å². The molecule has 0 amide bonds. The minimum Gasteiger partial charge on any atom is -0.504 e. The minimum absolute atomic E-state index is 0.0226. The van der Waals surface area contributed by atoms with Crippen molar-refractivity contribution in [3.63, 3.8) is 0 Å². The molecule has 0 bridgehead atoms. The summed E-state index contributed by atoms with van der Waals surface area (Å²) < 4.78 is 28.5. The SMILES string of the molecule is NS(=O)(=O)c1cccc(CCCCOCCCCCCNCCc2cccc(O)c2O)c1. The Kier molecular flexibility index (Phi) is 11.5. The van der Waals surface area contributed by atoms with Crippen molar-refractivity contribution in [2.24, 2.45) is 5.14 Å². The fourth-order valence-corrected chi connectivity index (χ4v) is 4.03. The lowest BCUT2D eigenvalue weighted by molar-refractivity contribution is 0.126. The first-order chi connectivity index (χ1) is 15.4. The summed E-state index contributed by atoms with van der Waals surface area (Å²) >= 11 is 0. The standard InChI is InChI=1S/C24H36N2O5S/c25-32(29,30)22-12-7-10-20(19-22)9-3-6-18-31-17-5-2-1-4-15-26-16-14-21-11-8-13-23(27)24(21)28/h7-8,10-13,19,26-28H,1-6,9,14-18H2,(H2,25,29,30). The van der Waals surface area contributed by atoms with Gasteiger partial charge in [-0.05, 0) is 80.9 Å². The Balaban J connectivity index is 1.39. The summed E-state index contributed by atoms with van der Waals surface area (Å²) in [5, 5.41) is 27.8. The van der Waals surface area contributed by atoms with E-state index in [9.17, 15) is 18.6 Å². The molecule has 7 nitrogen and oxygen atoms in total. The average Bonchev–Trinajstić information content (AvgIpc) is 2.76. The zero-order valence-corrected chi connectivity index (χ0v) is 19.4. The summed E-state index contributed by atoms with van der Waals surface area (Å²) in [6.07, 6.45) is 7.81. The van der Waals surface area contributed by atoms with Gasteiger partial charge < -0.3 is 20.3 Å². The first-order valence-electron chi connectivity index (χ1n) is 11.3. The van der Waals surface area contributed by atoms with Gasteiger partial charge >= 0.3 is 0 Å². The smallest absolute Gasteiger partial charge is 0.238 e. The van der Waals surface area contributed by atoms with Gasteiger partial charge in [-0.15, -0.1) is 0 Å². The number of nitrogens with two attached hydrogens (primary N) is 1. The van der Waals surface area contributed by atoms with Gasteiger partial charge in [0.05, 0.1) is 4.90 Å². The van der Waals surface area contributed by atoms with Crippen LogP contribution >= 0.6 is 0 Å². The minimum atomic E-state index is -3.64. The van der Waals surface area contributed by atoms with Crippen molar-refractivity contribution in [2.45, 2.75) is 56.3 Å². The third-order valence-electron chi connectivity index (χ3n) is 5.29. The van der Waals surface area contributed by atoms with Crippen molar-refractivity contribution < 1.29 is 23.4 Å². The largest absolute Gasteiger partial charge is 0.504 e. The molecule has 0 aromatic heterocycles. The number of primary sulfonamides is 1. The van der Waals surface area contributed by atoms with E-state index in [-0.39, 0.29) is 16.4 Å². The maximum atomic E-state index is 11.4. The van der Waals surface area contributed by atoms with E-state index < -0.39 is 10.0 Å². The fourth-order valence-electron chi connectivity index (χ4n) is 3.45. The lowest BCUT2D eigenvalue weighted by atomic mass is 10.1. The second-order valence-corrected chi connectivity index (χ2v) is 9.52. The van der Waals surface area contributed by atoms with E-state index in [1.54, 1.807) is 18.2 Å². The van der Waals surface area contributed by atoms with Crippen LogP contribution in [0.1, 0.15) is 49.7 Å². The van der Waals surface area contributed by atoms with E-state index in [0.717, 1.165) is 82.4 Å². The van der Waals surface area contributed by atoms with Gasteiger partial charge in [0.2, 0.25) is 10.0 Å². The Morgan fingerprint density at radius 1 is 0.844 bits per heavy atom. The number of para-hydroxylation sites is 1. The molecule has 0 atom stereocenters. The summed E-state index contributed by atoms with van der Waals surface area (Å²) in [5.41, 5.74) is 1.73. The summed E-state index contributed by atoms with van der Waals surface area (Å²) in [6.45, 7) is 3.20. The van der Waals surface area contributed by atoms with Crippen LogP contribution in [0.3, 0.4) is 0 Å². The Hall–Kier alpha value is -2.13. The molecule has 0 saturated heterocycles. The number of ether oxygens (including phenoxy) is 1. The van der Waals surface area contributed by atoms with Crippen molar-refractivity contribution >= 4 is 10.0 Å². The quantitative estimate of drug-likeness (QED) is 0.223. The summed E-state index contributed by atoms with van der Waals surface area (Å²) in [4.78, 5) is 0.164. The summed E-state index contributed by atoms with van der Waals surface area (Å²) in [7, 11) is -3.64. The van der Waals surface area contributed by atoms with Crippen LogP contribution in [0.25, 0.3) is 0 Å². The normalized spacial score (nSPS) is 11.7. The van der Waals surface area contributed by atoms with Crippen LogP contribution in [0, 0.1) is 0 Å². The lowest BCUT2D eigenvalue weighted by Gasteiger charge is -2.08. The van der Waals surface area contributed by atoms with Gasteiger partial charge in [-0.25, -0.2) is 13.6 Å². The Morgan fingerprint density at radius 2 is 1.56 bits per heavy atom. The monoisotopic (exact) mass is 464 g/mol. The van der Waals surface area contributed by atoms with Crippen LogP contribution in [-0.4, -0.2) is 44.9 Å². The van der Waals surface area contributed by atoms with Gasteiger partial charge in [0.1, 0.15) is 0 Å². The summed E-state index contributed by atoms with van der Waals surface area (Å²) in [5.74, 6) is -0.0924. The Morgan fingerprint density at radius 3 is 2.34 bits per heavy atom. The molecular weight excluding hydrogens is 428 g/mol. The molecule has 8 heteroatoms. The molecule has 0 aliphatic heterocycles. The van der Waals surface area contributed by atoms with Crippen LogP contribution in [0.15, 0.2) is 47.4 Å². The number of hydrogen-bond donors (Lipinski definition) is 4. The number of rotatable bonds is 16. The first kappa shape index (κ1) is 26.1. The molecule has 0 aliphatic rings. The molecular formula is C24H36N2O5S. The molecule has 0 heterocycles. The van der Waals surface area contributed by atoms with Gasteiger partial charge in [-0.3, -0.25) is 0 Å². The number of aromatic hydroxyl groups is 2. The van der Waals surface area contributed by atoms with Crippen molar-refractivity contribution in [1.29, 1.82) is 0 Å². The van der Waals surface area contributed by atoms with Crippen molar-refractivity contribution in [2.75, 3.05) is 26.3 Å². The number of hydrogen-bond acceptors (Lipinski definition) is 6. The Bertz CT molecular complexity index is 918. The molecule has 178 valence electrons. The number of phenolic OH excluding ortho intramolecular Hbond substituents is 2. The molecule has 5 N–H and O–H groups in total. The van der Waals surface area contributed by atoms with Gasteiger partial charge in [-0.1, -0.05) is 37.1 Å². The van der Waals surface area contributed by atoms with E-state index in [1.807, 2.05) is 12.1 Å². The fraction of sp³-hybridized carbons (Fsp3) is 0.500. The van der Waals surface area contributed by atoms with Gasteiger partial charge in [0.25, 0.3) is 0 Å². The van der Waals surface area contributed by atoms with E-state index in [1.165, 1.54) is 12.1 Å². The molecule has 0 saturated carbocycles. The highest BCUT2D eigenvalue weighted by molar-refractivity contribution is 7.89. The molecule has 0 aliphatic carbocycles. The van der Waals surface area contributed by atoms with Crippen LogP contribution in [-0.2, 0) is 27.6 Å². The number of phenols is 2. The van der Waals surface area contributed by atoms with Crippen LogP contribution in [0.4, 0.5) is 0 Å². The highest BCUT2D eigenvalue weighted by Crippen LogP contribution is 2.28. The van der Waals surface area contributed by atoms with E-state index in [2.05, 4.69) is 5.32 Å². The first-order valence-corrected chi connectivity index (χ1v) is 12.8. The van der Waals surface area contributed by atoms with E-state index in [0.29, 0.717) is 6.42 Å². The number of sulfonamides is 1. The third-order valence-corrected chi connectivity index (χ3v) is 6.20. The maximum absolute atomic E-state index is 11.4. The van der Waals surface area contributed by atoms with Gasteiger partial charge in [0, 0.05) is 13.2 Å². The highest BCUT2D eigenvalue weighted by atomic mass is 32.2. The molecule has 0 radical (unpaired) electrons.